The molecule has 7 nitrogen and oxygen atoms in total. The summed E-state index contributed by atoms with van der Waals surface area (Å²) in [5.41, 5.74) is 9.33. The molecule has 1 unspecified atom stereocenters. The molecule has 0 saturated carbocycles. The van der Waals surface area contributed by atoms with Crippen LogP contribution < -0.4 is 15.2 Å². The molecular weight excluding hydrogens is 354 g/mol. The first-order valence-electron chi connectivity index (χ1n) is 9.03. The fourth-order valence-corrected chi connectivity index (χ4v) is 3.34. The van der Waals surface area contributed by atoms with Gasteiger partial charge in [-0.15, -0.1) is 0 Å². The third-order valence-electron chi connectivity index (χ3n) is 4.82. The second kappa shape index (κ2) is 8.63. The minimum atomic E-state index is 0.250. The third-order valence-corrected chi connectivity index (χ3v) is 4.82. The van der Waals surface area contributed by atoms with E-state index < -0.39 is 0 Å². The van der Waals surface area contributed by atoms with Gasteiger partial charge in [0, 0.05) is 29.8 Å². The fraction of sp³-hybridized carbons (Fsp3) is 0.333. The van der Waals surface area contributed by atoms with Crippen molar-refractivity contribution >= 4 is 12.2 Å². The summed E-state index contributed by atoms with van der Waals surface area (Å²) in [7, 11) is 5.33. The Balaban J connectivity index is 1.99. The van der Waals surface area contributed by atoms with Crippen molar-refractivity contribution in [1.29, 1.82) is 5.41 Å². The Morgan fingerprint density at radius 2 is 1.96 bits per heavy atom. The van der Waals surface area contributed by atoms with Gasteiger partial charge >= 0.3 is 0 Å². The Kier molecular flexibility index (Phi) is 6.02. The molecule has 0 radical (unpaired) electrons. The summed E-state index contributed by atoms with van der Waals surface area (Å²) in [6, 6.07) is 7.54. The lowest BCUT2D eigenvalue weighted by Gasteiger charge is -2.08. The highest BCUT2D eigenvalue weighted by Gasteiger charge is 2.24. The third kappa shape index (κ3) is 4.35. The van der Waals surface area contributed by atoms with E-state index in [4.69, 9.17) is 20.6 Å². The molecule has 0 bridgehead atoms. The summed E-state index contributed by atoms with van der Waals surface area (Å²) in [6.45, 7) is 2.05. The molecule has 1 fully saturated rings. The van der Waals surface area contributed by atoms with E-state index in [1.807, 2.05) is 18.2 Å². The molecule has 28 heavy (non-hydrogen) atoms. The number of aromatic nitrogens is 1. The topological polar surface area (TPSA) is 99.7 Å². The molecule has 3 rings (SSSR count). The molecule has 1 saturated heterocycles. The highest BCUT2D eigenvalue weighted by Crippen LogP contribution is 2.27. The number of methoxy groups -OCH3 is 2. The van der Waals surface area contributed by atoms with Crippen molar-refractivity contribution in [3.63, 3.8) is 0 Å². The van der Waals surface area contributed by atoms with E-state index in [-0.39, 0.29) is 5.84 Å². The quantitative estimate of drug-likeness (QED) is 0.421. The number of hydrogen-bond donors (Lipinski definition) is 3. The smallest absolute Gasteiger partial charge is 0.150 e. The lowest BCUT2D eigenvalue weighted by Crippen LogP contribution is -2.16. The van der Waals surface area contributed by atoms with Gasteiger partial charge in [-0.25, -0.2) is 4.99 Å². The summed E-state index contributed by atoms with van der Waals surface area (Å²) in [6.07, 6.45) is 2.02. The Hall–Kier alpha value is -3.24. The summed E-state index contributed by atoms with van der Waals surface area (Å²) in [5.74, 6) is 8.35. The molecule has 1 aliphatic rings. The maximum atomic E-state index is 7.20. The van der Waals surface area contributed by atoms with Crippen LogP contribution in [0.15, 0.2) is 29.3 Å². The van der Waals surface area contributed by atoms with E-state index in [0.29, 0.717) is 23.1 Å². The van der Waals surface area contributed by atoms with Gasteiger partial charge < -0.3 is 25.1 Å². The number of nitrogens with zero attached hydrogens (tertiary/aromatic N) is 2. The van der Waals surface area contributed by atoms with Crippen molar-refractivity contribution in [3.8, 4) is 23.3 Å². The molecule has 2 heterocycles. The first-order chi connectivity index (χ1) is 13.5. The number of rotatable bonds is 5. The molecule has 1 aromatic heterocycles. The van der Waals surface area contributed by atoms with Gasteiger partial charge in [-0.05, 0) is 38.2 Å². The van der Waals surface area contributed by atoms with Gasteiger partial charge in [0.1, 0.15) is 23.7 Å². The molecule has 4 N–H and O–H groups in total. The highest BCUT2D eigenvalue weighted by molar-refractivity contribution is 6.01. The molecule has 0 spiro atoms. The highest BCUT2D eigenvalue weighted by atomic mass is 16.5. The van der Waals surface area contributed by atoms with Gasteiger partial charge in [0.2, 0.25) is 0 Å². The van der Waals surface area contributed by atoms with Gasteiger partial charge in [0.25, 0.3) is 0 Å². The lowest BCUT2D eigenvalue weighted by molar-refractivity contribution is 0.394. The van der Waals surface area contributed by atoms with Gasteiger partial charge in [-0.1, -0.05) is 11.8 Å². The van der Waals surface area contributed by atoms with E-state index in [0.717, 1.165) is 42.7 Å². The molecule has 1 aromatic carbocycles. The number of aliphatic imine (C=N–C) groups is 1. The first kappa shape index (κ1) is 19.5. The Bertz CT molecular complexity index is 929. The average Bonchev–Trinajstić information content (AvgIpc) is 3.32. The number of ether oxygens (including phenoxy) is 2. The van der Waals surface area contributed by atoms with Gasteiger partial charge in [-0.2, -0.15) is 0 Å². The van der Waals surface area contributed by atoms with Crippen LogP contribution in [0, 0.1) is 17.3 Å². The SMILES string of the molecule is COc1cc(C#Cc2cc(C3CCN(C)C3)[nH]c2C(N)=NC=N)cc(OC)c1. The van der Waals surface area contributed by atoms with Crippen LogP contribution in [0.5, 0.6) is 11.5 Å². The average molecular weight is 379 g/mol. The summed E-state index contributed by atoms with van der Waals surface area (Å²) >= 11 is 0. The number of hydrogen-bond acceptors (Lipinski definition) is 4. The van der Waals surface area contributed by atoms with Crippen LogP contribution in [0.4, 0.5) is 0 Å². The van der Waals surface area contributed by atoms with Crippen molar-refractivity contribution in [2.24, 2.45) is 10.7 Å². The van der Waals surface area contributed by atoms with Crippen LogP contribution in [0.3, 0.4) is 0 Å². The predicted octanol–water partition coefficient (Wildman–Crippen LogP) is 2.16. The number of nitrogens with one attached hydrogen (secondary N) is 2. The van der Waals surface area contributed by atoms with E-state index in [1.54, 1.807) is 20.3 Å². The second-order valence-corrected chi connectivity index (χ2v) is 6.76. The van der Waals surface area contributed by atoms with Crippen LogP contribution in [0.2, 0.25) is 0 Å². The largest absolute Gasteiger partial charge is 0.497 e. The number of nitrogens with two attached hydrogens (primary N) is 1. The van der Waals surface area contributed by atoms with Crippen molar-refractivity contribution in [3.05, 3.63) is 46.8 Å². The maximum absolute atomic E-state index is 7.20. The molecule has 7 heteroatoms. The van der Waals surface area contributed by atoms with Crippen molar-refractivity contribution < 1.29 is 9.47 Å². The van der Waals surface area contributed by atoms with Crippen LogP contribution in [0.25, 0.3) is 0 Å². The monoisotopic (exact) mass is 379 g/mol. The van der Waals surface area contributed by atoms with E-state index >= 15 is 0 Å². The number of likely N-dealkylation sites (tertiary alicyclic amines) is 1. The van der Waals surface area contributed by atoms with Crippen LogP contribution in [0.1, 0.15) is 34.9 Å². The molecule has 0 amide bonds. The zero-order valence-corrected chi connectivity index (χ0v) is 16.4. The normalized spacial score (nSPS) is 17.1. The lowest BCUT2D eigenvalue weighted by atomic mass is 10.0. The second-order valence-electron chi connectivity index (χ2n) is 6.76. The molecule has 2 aromatic rings. The molecule has 0 aliphatic carbocycles. The van der Waals surface area contributed by atoms with E-state index in [9.17, 15) is 0 Å². The van der Waals surface area contributed by atoms with Crippen LogP contribution >= 0.6 is 0 Å². The molecular formula is C21H25N5O2. The zero-order chi connectivity index (χ0) is 20.1. The Morgan fingerprint density at radius 1 is 1.25 bits per heavy atom. The Morgan fingerprint density at radius 3 is 2.54 bits per heavy atom. The molecule has 146 valence electrons. The summed E-state index contributed by atoms with van der Waals surface area (Å²) in [4.78, 5) is 9.58. The van der Waals surface area contributed by atoms with Crippen LogP contribution in [-0.4, -0.2) is 56.4 Å². The number of aromatic amines is 1. The number of benzene rings is 1. The van der Waals surface area contributed by atoms with Gasteiger partial charge in [-0.3, -0.25) is 5.41 Å². The minimum absolute atomic E-state index is 0.250. The van der Waals surface area contributed by atoms with E-state index in [1.165, 1.54) is 0 Å². The molecule has 1 aliphatic heterocycles. The summed E-state index contributed by atoms with van der Waals surface area (Å²) in [5, 5.41) is 7.20. The number of H-pyrrole nitrogens is 1. The van der Waals surface area contributed by atoms with Crippen molar-refractivity contribution in [2.75, 3.05) is 34.4 Å². The first-order valence-corrected chi connectivity index (χ1v) is 9.03. The van der Waals surface area contributed by atoms with Gasteiger partial charge in [0.15, 0.2) is 0 Å². The predicted molar refractivity (Wildman–Crippen MR) is 111 cm³/mol. The summed E-state index contributed by atoms with van der Waals surface area (Å²) < 4.78 is 10.6. The standard InChI is InChI=1S/C21H25N5O2/c1-26-7-6-16(12-26)19-10-15(20(25-19)21(23)24-13-22)5-4-14-8-17(27-2)11-18(9-14)28-3/h8-11,13,16,25H,6-7,12H2,1-3H3,(H3,22,23,24). The van der Waals surface area contributed by atoms with Crippen molar-refractivity contribution in [2.45, 2.75) is 12.3 Å². The maximum Gasteiger partial charge on any atom is 0.150 e. The molecule has 1 atom stereocenters. The minimum Gasteiger partial charge on any atom is -0.497 e. The Labute approximate surface area is 165 Å². The zero-order valence-electron chi connectivity index (χ0n) is 16.4. The van der Waals surface area contributed by atoms with Gasteiger partial charge in [0.05, 0.1) is 25.5 Å². The van der Waals surface area contributed by atoms with Crippen LogP contribution in [-0.2, 0) is 0 Å². The number of likely N-dealkylation sites (N-methyl/N-ethyl adjacent to an activating group) is 1. The number of amidine groups is 1. The van der Waals surface area contributed by atoms with E-state index in [2.05, 4.69) is 33.8 Å². The van der Waals surface area contributed by atoms with Crippen molar-refractivity contribution in [1.82, 2.24) is 9.88 Å². The fourth-order valence-electron chi connectivity index (χ4n) is 3.34.